The molecule has 3 rings (SSSR count). The van der Waals surface area contributed by atoms with Crippen molar-refractivity contribution in [3.63, 3.8) is 0 Å². The summed E-state index contributed by atoms with van der Waals surface area (Å²) in [5.41, 5.74) is 1.29. The Hall–Kier alpha value is -2.15. The van der Waals surface area contributed by atoms with E-state index in [9.17, 15) is 19.1 Å². The molecule has 1 fully saturated rings. The Morgan fingerprint density at radius 2 is 1.92 bits per heavy atom. The first kappa shape index (κ1) is 16.7. The summed E-state index contributed by atoms with van der Waals surface area (Å²) in [7, 11) is 2.03. The zero-order valence-electron chi connectivity index (χ0n) is 14.0. The summed E-state index contributed by atoms with van der Waals surface area (Å²) in [4.78, 5) is 29.7. The Kier molecular flexibility index (Phi) is 4.45. The van der Waals surface area contributed by atoms with Crippen molar-refractivity contribution in [1.29, 1.82) is 0 Å². The summed E-state index contributed by atoms with van der Waals surface area (Å²) < 4.78 is 14.6. The molecule has 0 bridgehead atoms. The number of rotatable bonds is 3. The highest BCUT2D eigenvalue weighted by Crippen LogP contribution is 2.35. The van der Waals surface area contributed by atoms with Gasteiger partial charge in [0.1, 0.15) is 11.7 Å². The van der Waals surface area contributed by atoms with Crippen molar-refractivity contribution in [2.24, 2.45) is 5.92 Å². The van der Waals surface area contributed by atoms with Gasteiger partial charge in [-0.05, 0) is 26.1 Å². The number of halogens is 1. The minimum atomic E-state index is -1.16. The van der Waals surface area contributed by atoms with Crippen LogP contribution in [0, 0.1) is 11.7 Å². The average Bonchev–Trinajstić information content (AvgIpc) is 2.56. The molecule has 1 N–H and O–H groups in total. The van der Waals surface area contributed by atoms with E-state index in [1.807, 2.05) is 23.8 Å². The van der Waals surface area contributed by atoms with Gasteiger partial charge in [0.05, 0.1) is 5.69 Å². The molecule has 0 saturated carbocycles. The topological polar surface area (TPSA) is 64.1 Å². The number of carboxylic acids is 1. The Morgan fingerprint density at radius 1 is 1.25 bits per heavy atom. The van der Waals surface area contributed by atoms with Crippen LogP contribution >= 0.6 is 0 Å². The number of anilines is 2. The van der Waals surface area contributed by atoms with Crippen molar-refractivity contribution in [2.75, 3.05) is 56.1 Å². The van der Waals surface area contributed by atoms with Gasteiger partial charge < -0.3 is 19.8 Å². The number of hydrogen-bond donors (Lipinski definition) is 1. The molecule has 24 heavy (non-hydrogen) atoms. The lowest BCUT2D eigenvalue weighted by atomic mass is 9.90. The molecule has 2 aliphatic heterocycles. The summed E-state index contributed by atoms with van der Waals surface area (Å²) in [5, 5.41) is 9.25. The molecule has 0 spiro atoms. The number of nitrogens with zero attached hydrogens (tertiary/aromatic N) is 3. The largest absolute Gasteiger partial charge is 0.481 e. The third kappa shape index (κ3) is 2.84. The fourth-order valence-electron chi connectivity index (χ4n) is 3.38. The Labute approximate surface area is 140 Å². The van der Waals surface area contributed by atoms with Crippen LogP contribution < -0.4 is 9.80 Å². The number of ketones is 1. The number of aliphatic carboxylic acids is 1. The predicted molar refractivity (Wildman–Crippen MR) is 89.5 cm³/mol. The van der Waals surface area contributed by atoms with Crippen LogP contribution in [0.3, 0.4) is 0 Å². The van der Waals surface area contributed by atoms with E-state index in [4.69, 9.17) is 0 Å². The number of hydrogen-bond acceptors (Lipinski definition) is 5. The van der Waals surface area contributed by atoms with Gasteiger partial charge in [-0.2, -0.15) is 0 Å². The van der Waals surface area contributed by atoms with Gasteiger partial charge in [-0.25, -0.2) is 4.39 Å². The highest BCUT2D eigenvalue weighted by molar-refractivity contribution is 6.13. The molecule has 1 unspecified atom stereocenters. The molecule has 1 aromatic rings. The quantitative estimate of drug-likeness (QED) is 0.840. The molecule has 2 heterocycles. The minimum absolute atomic E-state index is 0.130. The average molecular weight is 335 g/mol. The summed E-state index contributed by atoms with van der Waals surface area (Å²) in [6.45, 7) is 5.76. The van der Waals surface area contributed by atoms with E-state index in [0.717, 1.165) is 26.2 Å². The lowest BCUT2D eigenvalue weighted by Gasteiger charge is -2.37. The molecule has 1 atom stereocenters. The van der Waals surface area contributed by atoms with Crippen molar-refractivity contribution in [3.05, 3.63) is 23.5 Å². The number of carbonyl (C=O) groups excluding carboxylic acids is 1. The van der Waals surface area contributed by atoms with Crippen LogP contribution in [0.25, 0.3) is 0 Å². The maximum Gasteiger partial charge on any atom is 0.316 e. The van der Waals surface area contributed by atoms with Crippen LogP contribution in [0.15, 0.2) is 12.1 Å². The van der Waals surface area contributed by atoms with E-state index >= 15 is 0 Å². The fraction of sp³-hybridized carbons (Fsp3) is 0.529. The number of piperazine rings is 1. The smallest absolute Gasteiger partial charge is 0.316 e. The Balaban J connectivity index is 2.00. The maximum atomic E-state index is 14.6. The van der Waals surface area contributed by atoms with Crippen LogP contribution in [0.4, 0.5) is 15.8 Å². The second kappa shape index (κ2) is 6.39. The van der Waals surface area contributed by atoms with E-state index in [2.05, 4.69) is 4.90 Å². The lowest BCUT2D eigenvalue weighted by Crippen LogP contribution is -2.45. The van der Waals surface area contributed by atoms with Gasteiger partial charge in [-0.15, -0.1) is 0 Å². The van der Waals surface area contributed by atoms with E-state index in [1.165, 1.54) is 6.07 Å². The normalized spacial score (nSPS) is 21.8. The second-order valence-electron chi connectivity index (χ2n) is 6.40. The number of Topliss-reactive ketones (excluding diaryl/α,β-unsaturated/α-hetero) is 1. The molecule has 0 aliphatic carbocycles. The summed E-state index contributed by atoms with van der Waals surface area (Å²) in [6.07, 6.45) is 0. The Morgan fingerprint density at radius 3 is 2.50 bits per heavy atom. The van der Waals surface area contributed by atoms with Gasteiger partial charge in [0.2, 0.25) is 0 Å². The first-order chi connectivity index (χ1) is 11.4. The van der Waals surface area contributed by atoms with E-state index in [0.29, 0.717) is 17.9 Å². The SMILES string of the molecule is CCN1CC(C(=O)O)C(=O)c2cc(F)c(N3CCN(C)CC3)cc21. The zero-order valence-corrected chi connectivity index (χ0v) is 14.0. The summed E-state index contributed by atoms with van der Waals surface area (Å²) >= 11 is 0. The molecular weight excluding hydrogens is 313 g/mol. The van der Waals surface area contributed by atoms with E-state index in [-0.39, 0.29) is 12.1 Å². The van der Waals surface area contributed by atoms with Crippen molar-refractivity contribution in [1.82, 2.24) is 4.90 Å². The van der Waals surface area contributed by atoms with E-state index in [1.54, 1.807) is 6.07 Å². The highest BCUT2D eigenvalue weighted by Gasteiger charge is 2.37. The maximum absolute atomic E-state index is 14.6. The molecule has 0 radical (unpaired) electrons. The first-order valence-corrected chi connectivity index (χ1v) is 8.21. The molecule has 7 heteroatoms. The highest BCUT2D eigenvalue weighted by atomic mass is 19.1. The standard InChI is InChI=1S/C17H22FN3O3/c1-3-20-10-12(17(23)24)16(22)11-8-13(18)15(9-14(11)20)21-6-4-19(2)5-7-21/h8-9,12H,3-7,10H2,1-2H3,(H,23,24). The van der Waals surface area contributed by atoms with Gasteiger partial charge in [0.25, 0.3) is 0 Å². The number of benzene rings is 1. The molecule has 2 aliphatic rings. The van der Waals surface area contributed by atoms with Crippen LogP contribution in [0.5, 0.6) is 0 Å². The monoisotopic (exact) mass is 335 g/mol. The summed E-state index contributed by atoms with van der Waals surface area (Å²) in [5.74, 6) is -3.27. The van der Waals surface area contributed by atoms with Gasteiger partial charge in [0.15, 0.2) is 5.78 Å². The molecular formula is C17H22FN3O3. The number of fused-ring (bicyclic) bond motifs is 1. The van der Waals surface area contributed by atoms with Gasteiger partial charge in [0, 0.05) is 50.5 Å². The lowest BCUT2D eigenvalue weighted by molar-refractivity contribution is -0.139. The van der Waals surface area contributed by atoms with Crippen LogP contribution in [0.1, 0.15) is 17.3 Å². The first-order valence-electron chi connectivity index (χ1n) is 8.21. The molecule has 1 aromatic carbocycles. The third-order valence-corrected chi connectivity index (χ3v) is 4.91. The molecule has 0 amide bonds. The fourth-order valence-corrected chi connectivity index (χ4v) is 3.38. The van der Waals surface area contributed by atoms with Crippen molar-refractivity contribution < 1.29 is 19.1 Å². The third-order valence-electron chi connectivity index (χ3n) is 4.91. The molecule has 6 nitrogen and oxygen atoms in total. The number of carbonyl (C=O) groups is 2. The van der Waals surface area contributed by atoms with Crippen molar-refractivity contribution in [2.45, 2.75) is 6.92 Å². The number of carboxylic acid groups (broad SMARTS) is 1. The second-order valence-corrected chi connectivity index (χ2v) is 6.40. The van der Waals surface area contributed by atoms with Crippen LogP contribution in [-0.2, 0) is 4.79 Å². The van der Waals surface area contributed by atoms with Crippen molar-refractivity contribution in [3.8, 4) is 0 Å². The zero-order chi connectivity index (χ0) is 17.4. The predicted octanol–water partition coefficient (Wildman–Crippen LogP) is 1.30. The van der Waals surface area contributed by atoms with Crippen LogP contribution in [-0.4, -0.2) is 68.1 Å². The van der Waals surface area contributed by atoms with Gasteiger partial charge in [-0.3, -0.25) is 9.59 Å². The Bertz CT molecular complexity index is 671. The number of likely N-dealkylation sites (N-methyl/N-ethyl adjacent to an activating group) is 1. The van der Waals surface area contributed by atoms with Gasteiger partial charge in [-0.1, -0.05) is 0 Å². The summed E-state index contributed by atoms with van der Waals surface area (Å²) in [6, 6.07) is 2.92. The molecule has 1 saturated heterocycles. The molecule has 0 aromatic heterocycles. The van der Waals surface area contributed by atoms with Crippen molar-refractivity contribution >= 4 is 23.1 Å². The molecule has 130 valence electrons. The van der Waals surface area contributed by atoms with Gasteiger partial charge >= 0.3 is 5.97 Å². The minimum Gasteiger partial charge on any atom is -0.481 e. The van der Waals surface area contributed by atoms with Crippen LogP contribution in [0.2, 0.25) is 0 Å². The van der Waals surface area contributed by atoms with E-state index < -0.39 is 23.5 Å².